The number of nitrogens with one attached hydrogen (secondary N) is 2. The van der Waals surface area contributed by atoms with Crippen LogP contribution in [0.4, 0.5) is 14.5 Å². The fraction of sp³-hybridized carbons (Fsp3) is 0.235. The lowest BCUT2D eigenvalue weighted by molar-refractivity contribution is -0.885. The molecule has 0 saturated carbocycles. The minimum Gasteiger partial charge on any atom is -0.435 e. The molecule has 24 heavy (non-hydrogen) atoms. The van der Waals surface area contributed by atoms with Crippen LogP contribution in [-0.2, 0) is 11.3 Å². The minimum atomic E-state index is -2.83. The highest BCUT2D eigenvalue weighted by Gasteiger charge is 2.11. The van der Waals surface area contributed by atoms with Gasteiger partial charge in [-0.25, -0.2) is 0 Å². The number of halogens is 3. The van der Waals surface area contributed by atoms with Gasteiger partial charge in [0.05, 0.1) is 7.05 Å². The summed E-state index contributed by atoms with van der Waals surface area (Å²) < 4.78 is 29.5. The predicted molar refractivity (Wildman–Crippen MR) is 91.3 cm³/mol. The maximum absolute atomic E-state index is 12.1. The third-order valence-corrected chi connectivity index (χ3v) is 3.77. The smallest absolute Gasteiger partial charge is 0.387 e. The van der Waals surface area contributed by atoms with Crippen LogP contribution in [0.15, 0.2) is 53.0 Å². The van der Waals surface area contributed by atoms with Crippen LogP contribution in [0, 0.1) is 0 Å². The summed E-state index contributed by atoms with van der Waals surface area (Å²) in [4.78, 5) is 13.0. The van der Waals surface area contributed by atoms with Gasteiger partial charge in [0.2, 0.25) is 0 Å². The quantitative estimate of drug-likeness (QED) is 0.751. The molecule has 1 unspecified atom stereocenters. The first-order chi connectivity index (χ1) is 11.4. The molecule has 2 rings (SSSR count). The number of hydrogen-bond acceptors (Lipinski definition) is 2. The molecule has 0 spiro atoms. The van der Waals surface area contributed by atoms with Crippen LogP contribution in [0.2, 0.25) is 0 Å². The average molecular weight is 400 g/mol. The summed E-state index contributed by atoms with van der Waals surface area (Å²) in [6.45, 7) is -1.93. The Morgan fingerprint density at radius 2 is 1.79 bits per heavy atom. The molecule has 2 aromatic carbocycles. The van der Waals surface area contributed by atoms with Crippen molar-refractivity contribution in [2.75, 3.05) is 18.9 Å². The summed E-state index contributed by atoms with van der Waals surface area (Å²) in [5.74, 6) is 0.0341. The molecule has 0 fully saturated rings. The number of alkyl halides is 2. The molecule has 0 aliphatic rings. The lowest BCUT2D eigenvalue weighted by atomic mass is 10.2. The Balaban J connectivity index is 1.82. The van der Waals surface area contributed by atoms with Gasteiger partial charge < -0.3 is 15.0 Å². The Morgan fingerprint density at radius 3 is 2.38 bits per heavy atom. The zero-order chi connectivity index (χ0) is 17.5. The summed E-state index contributed by atoms with van der Waals surface area (Å²) in [6.07, 6.45) is 0. The third kappa shape index (κ3) is 6.25. The monoisotopic (exact) mass is 399 g/mol. The molecule has 0 aliphatic heterocycles. The molecule has 7 heteroatoms. The summed E-state index contributed by atoms with van der Waals surface area (Å²) in [7, 11) is 1.89. The molecule has 128 valence electrons. The molecule has 1 amide bonds. The fourth-order valence-corrected chi connectivity index (χ4v) is 2.48. The normalized spacial score (nSPS) is 12.0. The Morgan fingerprint density at radius 1 is 1.17 bits per heavy atom. The fourth-order valence-electron chi connectivity index (χ4n) is 2.21. The molecule has 0 heterocycles. The molecule has 2 aromatic rings. The van der Waals surface area contributed by atoms with Crippen LogP contribution >= 0.6 is 15.9 Å². The second-order valence-electron chi connectivity index (χ2n) is 5.39. The predicted octanol–water partition coefficient (Wildman–Crippen LogP) is 2.70. The maximum atomic E-state index is 12.1. The minimum absolute atomic E-state index is 0.0903. The van der Waals surface area contributed by atoms with Crippen LogP contribution in [0.25, 0.3) is 0 Å². The Hall–Kier alpha value is -1.99. The van der Waals surface area contributed by atoms with E-state index >= 15 is 0 Å². The van der Waals surface area contributed by atoms with E-state index in [2.05, 4.69) is 26.0 Å². The molecule has 1 atom stereocenters. The standard InChI is InChI=1S/C17H17BrF2N2O2/c1-22(10-12-2-8-15(9-3-12)24-17(19)20)11-16(23)21-14-6-4-13(18)5-7-14/h2-9,17H,10-11H2,1H3,(H,21,23)/p+1. The van der Waals surface area contributed by atoms with E-state index in [0.717, 1.165) is 20.6 Å². The van der Waals surface area contributed by atoms with Crippen molar-refractivity contribution in [3.8, 4) is 5.75 Å². The molecular weight excluding hydrogens is 382 g/mol. The number of carbonyl (C=O) groups is 1. The van der Waals surface area contributed by atoms with Crippen LogP contribution in [-0.4, -0.2) is 26.1 Å². The van der Waals surface area contributed by atoms with E-state index in [1.165, 1.54) is 12.1 Å². The highest BCUT2D eigenvalue weighted by Crippen LogP contribution is 2.15. The average Bonchev–Trinajstić information content (AvgIpc) is 2.51. The summed E-state index contributed by atoms with van der Waals surface area (Å²) in [6, 6.07) is 13.8. The van der Waals surface area contributed by atoms with E-state index in [1.54, 1.807) is 12.1 Å². The van der Waals surface area contributed by atoms with Crippen LogP contribution in [0.5, 0.6) is 5.75 Å². The molecule has 0 bridgehead atoms. The molecule has 0 saturated heterocycles. The van der Waals surface area contributed by atoms with Crippen molar-refractivity contribution in [1.29, 1.82) is 0 Å². The van der Waals surface area contributed by atoms with Gasteiger partial charge in [0.1, 0.15) is 12.3 Å². The lowest BCUT2D eigenvalue weighted by Crippen LogP contribution is -3.08. The number of ether oxygens (including phenoxy) is 1. The van der Waals surface area contributed by atoms with Gasteiger partial charge in [-0.1, -0.05) is 15.9 Å². The van der Waals surface area contributed by atoms with Crippen molar-refractivity contribution < 1.29 is 23.2 Å². The third-order valence-electron chi connectivity index (χ3n) is 3.24. The first-order valence-corrected chi connectivity index (χ1v) is 8.12. The number of carbonyl (C=O) groups excluding carboxylic acids is 1. The highest BCUT2D eigenvalue weighted by atomic mass is 79.9. The van der Waals surface area contributed by atoms with Gasteiger partial charge in [-0.3, -0.25) is 4.79 Å². The van der Waals surface area contributed by atoms with E-state index in [0.29, 0.717) is 13.1 Å². The van der Waals surface area contributed by atoms with Crippen molar-refractivity contribution in [3.05, 3.63) is 58.6 Å². The number of amides is 1. The number of hydrogen-bond donors (Lipinski definition) is 2. The van der Waals surface area contributed by atoms with Gasteiger partial charge in [-0.05, 0) is 48.5 Å². The lowest BCUT2D eigenvalue weighted by Gasteiger charge is -2.14. The molecule has 0 aliphatic carbocycles. The number of likely N-dealkylation sites (N-methyl/N-ethyl adjacent to an activating group) is 1. The van der Waals surface area contributed by atoms with E-state index in [1.807, 2.05) is 31.3 Å². The van der Waals surface area contributed by atoms with Gasteiger partial charge in [-0.15, -0.1) is 0 Å². The van der Waals surface area contributed by atoms with Gasteiger partial charge in [0.15, 0.2) is 6.54 Å². The van der Waals surface area contributed by atoms with E-state index in [9.17, 15) is 13.6 Å². The van der Waals surface area contributed by atoms with Crippen molar-refractivity contribution in [2.45, 2.75) is 13.2 Å². The summed E-state index contributed by atoms with van der Waals surface area (Å²) in [5.41, 5.74) is 1.68. The largest absolute Gasteiger partial charge is 0.435 e. The van der Waals surface area contributed by atoms with E-state index in [4.69, 9.17) is 0 Å². The molecule has 2 N–H and O–H groups in total. The number of quaternary nitrogens is 1. The van der Waals surface area contributed by atoms with E-state index < -0.39 is 6.61 Å². The van der Waals surface area contributed by atoms with Crippen molar-refractivity contribution in [1.82, 2.24) is 0 Å². The molecular formula is C17H18BrF2N2O2+. The first kappa shape index (κ1) is 18.4. The zero-order valence-electron chi connectivity index (χ0n) is 13.1. The van der Waals surface area contributed by atoms with Gasteiger partial charge in [0, 0.05) is 15.7 Å². The van der Waals surface area contributed by atoms with Crippen molar-refractivity contribution in [3.63, 3.8) is 0 Å². The molecule has 4 nitrogen and oxygen atoms in total. The SMILES string of the molecule is C[NH+](CC(=O)Nc1ccc(Br)cc1)Cc1ccc(OC(F)F)cc1. The zero-order valence-corrected chi connectivity index (χ0v) is 14.6. The Labute approximate surface area is 147 Å². The van der Waals surface area contributed by atoms with Crippen molar-refractivity contribution in [2.24, 2.45) is 0 Å². The van der Waals surface area contributed by atoms with Crippen molar-refractivity contribution >= 4 is 27.5 Å². The summed E-state index contributed by atoms with van der Waals surface area (Å²) >= 11 is 3.34. The highest BCUT2D eigenvalue weighted by molar-refractivity contribution is 9.10. The topological polar surface area (TPSA) is 42.8 Å². The number of rotatable bonds is 7. The second kappa shape index (κ2) is 8.75. The summed E-state index contributed by atoms with van der Waals surface area (Å²) in [5, 5.41) is 2.83. The molecule has 0 aromatic heterocycles. The molecule has 0 radical (unpaired) electrons. The van der Waals surface area contributed by atoms with E-state index in [-0.39, 0.29) is 11.7 Å². The number of benzene rings is 2. The van der Waals surface area contributed by atoms with Gasteiger partial charge in [-0.2, -0.15) is 8.78 Å². The second-order valence-corrected chi connectivity index (χ2v) is 6.30. The first-order valence-electron chi connectivity index (χ1n) is 7.33. The maximum Gasteiger partial charge on any atom is 0.387 e. The van der Waals surface area contributed by atoms with Gasteiger partial charge in [0.25, 0.3) is 5.91 Å². The van der Waals surface area contributed by atoms with Crippen LogP contribution in [0.3, 0.4) is 0 Å². The van der Waals surface area contributed by atoms with Gasteiger partial charge >= 0.3 is 6.61 Å². The van der Waals surface area contributed by atoms with Crippen LogP contribution in [0.1, 0.15) is 5.56 Å². The van der Waals surface area contributed by atoms with Crippen LogP contribution < -0.4 is 15.0 Å². The number of anilines is 1. The Kier molecular flexibility index (Phi) is 6.69. The Bertz CT molecular complexity index is 663.